The van der Waals surface area contributed by atoms with Crippen LogP contribution in [0.4, 0.5) is 0 Å². The van der Waals surface area contributed by atoms with Crippen LogP contribution in [0.3, 0.4) is 0 Å². The van der Waals surface area contributed by atoms with Crippen molar-refractivity contribution in [1.82, 2.24) is 9.66 Å². The predicted octanol–water partition coefficient (Wildman–Crippen LogP) is 5.47. The van der Waals surface area contributed by atoms with Crippen LogP contribution in [0.2, 0.25) is 0 Å². The molecule has 0 aliphatic carbocycles. The smallest absolute Gasteiger partial charge is 0.282 e. The maximum absolute atomic E-state index is 13.1. The SMILES string of the molecule is CC[C@H](C)c1nc2ccc(Br)cc2c(=O)n1N=Cc1cc(I)c(O)c(I)c1. The van der Waals surface area contributed by atoms with Crippen molar-refractivity contribution in [2.75, 3.05) is 0 Å². The third-order valence-corrected chi connectivity index (χ3v) is 6.39. The highest BCUT2D eigenvalue weighted by Gasteiger charge is 2.15. The van der Waals surface area contributed by atoms with Gasteiger partial charge in [-0.15, -0.1) is 0 Å². The van der Waals surface area contributed by atoms with Crippen molar-refractivity contribution < 1.29 is 5.11 Å². The summed E-state index contributed by atoms with van der Waals surface area (Å²) in [6.07, 6.45) is 2.47. The van der Waals surface area contributed by atoms with E-state index in [9.17, 15) is 9.90 Å². The van der Waals surface area contributed by atoms with Crippen molar-refractivity contribution in [1.29, 1.82) is 0 Å². The Kier molecular flexibility index (Phi) is 6.57. The van der Waals surface area contributed by atoms with Gasteiger partial charge in [-0.25, -0.2) is 4.98 Å². The van der Waals surface area contributed by atoms with Crippen LogP contribution in [0, 0.1) is 7.14 Å². The predicted molar refractivity (Wildman–Crippen MR) is 129 cm³/mol. The normalized spacial score (nSPS) is 12.8. The molecule has 1 heterocycles. The molecule has 3 rings (SSSR count). The Labute approximate surface area is 192 Å². The second-order valence-corrected chi connectivity index (χ2v) is 9.38. The molecule has 1 atom stereocenters. The summed E-state index contributed by atoms with van der Waals surface area (Å²) in [5, 5.41) is 14.9. The van der Waals surface area contributed by atoms with Gasteiger partial charge >= 0.3 is 0 Å². The molecule has 2 aromatic carbocycles. The maximum Gasteiger partial charge on any atom is 0.282 e. The summed E-state index contributed by atoms with van der Waals surface area (Å²) in [7, 11) is 0. The van der Waals surface area contributed by atoms with E-state index in [1.165, 1.54) is 4.68 Å². The molecule has 1 aromatic heterocycles. The lowest BCUT2D eigenvalue weighted by atomic mass is 10.1. The zero-order valence-electron chi connectivity index (χ0n) is 14.6. The molecule has 1 N–H and O–H groups in total. The molecule has 0 spiro atoms. The number of aromatic hydroxyl groups is 1. The second kappa shape index (κ2) is 8.56. The molecule has 0 saturated heterocycles. The van der Waals surface area contributed by atoms with E-state index in [1.807, 2.05) is 31.2 Å². The number of phenolic OH excluding ortho intramolecular Hbond substituents is 1. The quantitative estimate of drug-likeness (QED) is 0.301. The van der Waals surface area contributed by atoms with E-state index in [2.05, 4.69) is 73.1 Å². The first-order valence-electron chi connectivity index (χ1n) is 8.26. The number of aromatic nitrogens is 2. The monoisotopic (exact) mass is 651 g/mol. The highest BCUT2D eigenvalue weighted by atomic mass is 127. The molecule has 5 nitrogen and oxygen atoms in total. The van der Waals surface area contributed by atoms with Gasteiger partial charge in [0, 0.05) is 10.4 Å². The first-order valence-corrected chi connectivity index (χ1v) is 11.2. The van der Waals surface area contributed by atoms with Crippen molar-refractivity contribution in [3.63, 3.8) is 0 Å². The van der Waals surface area contributed by atoms with E-state index in [0.717, 1.165) is 23.6 Å². The van der Waals surface area contributed by atoms with Crippen LogP contribution in [0.25, 0.3) is 10.9 Å². The van der Waals surface area contributed by atoms with Crippen molar-refractivity contribution in [3.8, 4) is 5.75 Å². The number of phenols is 1. The molecule has 8 heteroatoms. The number of benzene rings is 2. The Morgan fingerprint density at radius 2 is 1.96 bits per heavy atom. The van der Waals surface area contributed by atoms with E-state index in [1.54, 1.807) is 12.3 Å². The van der Waals surface area contributed by atoms with E-state index >= 15 is 0 Å². The van der Waals surface area contributed by atoms with Crippen molar-refractivity contribution in [3.05, 3.63) is 63.7 Å². The Morgan fingerprint density at radius 1 is 1.30 bits per heavy atom. The fraction of sp³-hybridized carbons (Fsp3) is 0.211. The van der Waals surface area contributed by atoms with E-state index in [-0.39, 0.29) is 17.2 Å². The lowest BCUT2D eigenvalue weighted by molar-refractivity contribution is 0.467. The van der Waals surface area contributed by atoms with Gasteiger partial charge in [-0.3, -0.25) is 4.79 Å². The van der Waals surface area contributed by atoms with Crippen LogP contribution < -0.4 is 5.56 Å². The van der Waals surface area contributed by atoms with Crippen LogP contribution in [0.5, 0.6) is 5.75 Å². The molecule has 0 bridgehead atoms. The van der Waals surface area contributed by atoms with Gasteiger partial charge < -0.3 is 5.11 Å². The largest absolute Gasteiger partial charge is 0.506 e. The lowest BCUT2D eigenvalue weighted by Gasteiger charge is -2.14. The molecule has 27 heavy (non-hydrogen) atoms. The zero-order chi connectivity index (χ0) is 19.7. The van der Waals surface area contributed by atoms with E-state index in [0.29, 0.717) is 16.7 Å². The van der Waals surface area contributed by atoms with Crippen LogP contribution in [0.15, 0.2) is 44.7 Å². The third-order valence-electron chi connectivity index (χ3n) is 4.25. The van der Waals surface area contributed by atoms with Crippen LogP contribution in [0.1, 0.15) is 37.6 Å². The molecule has 3 aromatic rings. The first-order chi connectivity index (χ1) is 12.8. The maximum atomic E-state index is 13.1. The molecule has 0 unspecified atom stereocenters. The number of nitrogens with zero attached hydrogens (tertiary/aromatic N) is 3. The minimum atomic E-state index is -0.198. The van der Waals surface area contributed by atoms with Gasteiger partial charge in [-0.1, -0.05) is 29.8 Å². The van der Waals surface area contributed by atoms with Gasteiger partial charge in [0.2, 0.25) is 0 Å². The summed E-state index contributed by atoms with van der Waals surface area (Å²) in [4.78, 5) is 17.8. The fourth-order valence-electron chi connectivity index (χ4n) is 2.56. The average molecular weight is 652 g/mol. The second-order valence-electron chi connectivity index (χ2n) is 6.14. The standard InChI is InChI=1S/C19H16BrI2N3O2/c1-3-10(2)18-24-16-5-4-12(20)8-13(16)19(27)25(18)23-9-11-6-14(21)17(26)15(22)7-11/h4-10,26H,3H2,1-2H3/t10-/m0/s1. The van der Waals surface area contributed by atoms with E-state index < -0.39 is 0 Å². The Hall–Kier alpha value is -1.01. The zero-order valence-corrected chi connectivity index (χ0v) is 20.5. The van der Waals surface area contributed by atoms with Gasteiger partial charge in [0.05, 0.1) is 24.3 Å². The van der Waals surface area contributed by atoms with Crippen LogP contribution in [-0.2, 0) is 0 Å². The number of hydrogen-bond donors (Lipinski definition) is 1. The number of hydrogen-bond acceptors (Lipinski definition) is 4. The Balaban J connectivity index is 2.19. The number of fused-ring (bicyclic) bond motifs is 1. The van der Waals surface area contributed by atoms with Crippen molar-refractivity contribution >= 4 is 78.2 Å². The molecular weight excluding hydrogens is 636 g/mol. The summed E-state index contributed by atoms with van der Waals surface area (Å²) in [6, 6.07) is 9.12. The highest BCUT2D eigenvalue weighted by molar-refractivity contribution is 14.1. The molecule has 140 valence electrons. The minimum Gasteiger partial charge on any atom is -0.506 e. The van der Waals surface area contributed by atoms with Gasteiger partial charge in [-0.2, -0.15) is 9.78 Å². The minimum absolute atomic E-state index is 0.0861. The summed E-state index contributed by atoms with van der Waals surface area (Å²) in [5.41, 5.74) is 1.27. The third kappa shape index (κ3) is 4.37. The van der Waals surface area contributed by atoms with Crippen molar-refractivity contribution in [2.24, 2.45) is 5.10 Å². The Bertz CT molecular complexity index is 1090. The molecular formula is C19H16BrI2N3O2. The summed E-state index contributed by atoms with van der Waals surface area (Å²) >= 11 is 7.56. The van der Waals surface area contributed by atoms with Crippen LogP contribution >= 0.6 is 61.1 Å². The molecule has 0 radical (unpaired) electrons. The van der Waals surface area contributed by atoms with E-state index in [4.69, 9.17) is 4.98 Å². The van der Waals surface area contributed by atoms with Crippen molar-refractivity contribution in [2.45, 2.75) is 26.2 Å². The number of halogens is 3. The highest BCUT2D eigenvalue weighted by Crippen LogP contribution is 2.27. The first kappa shape index (κ1) is 20.7. The van der Waals surface area contributed by atoms with Gasteiger partial charge in [-0.05, 0) is 87.5 Å². The van der Waals surface area contributed by atoms with Gasteiger partial charge in [0.1, 0.15) is 11.6 Å². The molecule has 0 aliphatic rings. The van der Waals surface area contributed by atoms with Gasteiger partial charge in [0.15, 0.2) is 0 Å². The number of rotatable bonds is 4. The van der Waals surface area contributed by atoms with Crippen LogP contribution in [-0.4, -0.2) is 21.0 Å². The van der Waals surface area contributed by atoms with Gasteiger partial charge in [0.25, 0.3) is 5.56 Å². The average Bonchev–Trinajstić information content (AvgIpc) is 2.64. The Morgan fingerprint density at radius 3 is 2.59 bits per heavy atom. The molecule has 0 saturated carbocycles. The summed E-state index contributed by atoms with van der Waals surface area (Å²) in [5.74, 6) is 0.975. The molecule has 0 aliphatic heterocycles. The topological polar surface area (TPSA) is 67.5 Å². The summed E-state index contributed by atoms with van der Waals surface area (Å²) < 4.78 is 3.67. The lowest BCUT2D eigenvalue weighted by Crippen LogP contribution is -2.23. The fourth-order valence-corrected chi connectivity index (χ4v) is 4.74. The molecule has 0 amide bonds. The summed E-state index contributed by atoms with van der Waals surface area (Å²) in [6.45, 7) is 4.09. The molecule has 0 fully saturated rings.